The third-order valence-electron chi connectivity index (χ3n) is 7.16. The minimum Gasteiger partial charge on any atom is -0.454 e. The maximum atomic E-state index is 14.2. The van der Waals surface area contributed by atoms with E-state index in [1.165, 1.54) is 11.8 Å². The summed E-state index contributed by atoms with van der Waals surface area (Å²) >= 11 is 6.11. The molecule has 3 aromatic carbocycles. The van der Waals surface area contributed by atoms with Gasteiger partial charge in [0.25, 0.3) is 0 Å². The highest BCUT2D eigenvalue weighted by Gasteiger charge is 2.34. The lowest BCUT2D eigenvalue weighted by molar-refractivity contribution is -0.140. The summed E-state index contributed by atoms with van der Waals surface area (Å²) in [5.74, 6) is -0.186. The Hall–Kier alpha value is -3.76. The molecule has 2 atom stereocenters. The fourth-order valence-corrected chi connectivity index (χ4v) is 5.72. The van der Waals surface area contributed by atoms with Crippen molar-refractivity contribution in [3.8, 4) is 11.5 Å². The first-order valence-corrected chi connectivity index (χ1v) is 15.9. The minimum atomic E-state index is -3.89. The van der Waals surface area contributed by atoms with Crippen molar-refractivity contribution < 1.29 is 27.5 Å². The van der Waals surface area contributed by atoms with Gasteiger partial charge >= 0.3 is 0 Å². The number of carbonyl (C=O) groups is 2. The van der Waals surface area contributed by atoms with Crippen molar-refractivity contribution in [2.24, 2.45) is 0 Å². The summed E-state index contributed by atoms with van der Waals surface area (Å²) in [4.78, 5) is 29.5. The Morgan fingerprint density at radius 1 is 0.952 bits per heavy atom. The molecule has 0 spiro atoms. The summed E-state index contributed by atoms with van der Waals surface area (Å²) in [6.45, 7) is 4.97. The van der Waals surface area contributed by atoms with Gasteiger partial charge in [-0.1, -0.05) is 61.0 Å². The number of nitrogens with zero attached hydrogens (tertiary/aromatic N) is 2. The number of amides is 2. The first-order chi connectivity index (χ1) is 20.1. The summed E-state index contributed by atoms with van der Waals surface area (Å²) < 4.78 is 38.5. The molecule has 0 aliphatic carbocycles. The molecule has 11 heteroatoms. The van der Waals surface area contributed by atoms with Crippen LogP contribution >= 0.6 is 11.6 Å². The van der Waals surface area contributed by atoms with Crippen LogP contribution in [0.4, 0.5) is 5.69 Å². The average molecular weight is 614 g/mol. The van der Waals surface area contributed by atoms with Gasteiger partial charge in [0.15, 0.2) is 11.5 Å². The molecular weight excluding hydrogens is 578 g/mol. The second-order valence-corrected chi connectivity index (χ2v) is 12.7. The number of halogens is 1. The lowest BCUT2D eigenvalue weighted by atomic mass is 10.0. The molecule has 0 fully saturated rings. The monoisotopic (exact) mass is 613 g/mol. The average Bonchev–Trinajstić information content (AvgIpc) is 3.47. The highest BCUT2D eigenvalue weighted by molar-refractivity contribution is 7.92. The molecule has 0 unspecified atom stereocenters. The van der Waals surface area contributed by atoms with Crippen LogP contribution in [0.3, 0.4) is 0 Å². The highest BCUT2D eigenvalue weighted by atomic mass is 35.5. The van der Waals surface area contributed by atoms with Crippen LogP contribution in [-0.4, -0.2) is 56.3 Å². The van der Waals surface area contributed by atoms with E-state index in [0.717, 1.165) is 15.4 Å². The van der Waals surface area contributed by atoms with Gasteiger partial charge in [-0.2, -0.15) is 0 Å². The van der Waals surface area contributed by atoms with Crippen LogP contribution in [0, 0.1) is 0 Å². The molecule has 1 heterocycles. The summed E-state index contributed by atoms with van der Waals surface area (Å²) in [7, 11) is -3.89. The van der Waals surface area contributed by atoms with Gasteiger partial charge in [-0.3, -0.25) is 13.9 Å². The van der Waals surface area contributed by atoms with Crippen molar-refractivity contribution in [2.75, 3.05) is 23.4 Å². The molecule has 42 heavy (non-hydrogen) atoms. The molecule has 0 aromatic heterocycles. The number of hydrogen-bond acceptors (Lipinski definition) is 6. The molecule has 0 saturated carbocycles. The van der Waals surface area contributed by atoms with Crippen molar-refractivity contribution in [3.05, 3.63) is 88.9 Å². The summed E-state index contributed by atoms with van der Waals surface area (Å²) in [5, 5.41) is 3.56. The number of anilines is 1. The second kappa shape index (κ2) is 13.9. The van der Waals surface area contributed by atoms with Gasteiger partial charge < -0.3 is 19.7 Å². The van der Waals surface area contributed by atoms with E-state index in [-0.39, 0.29) is 43.1 Å². The molecule has 4 rings (SSSR count). The van der Waals surface area contributed by atoms with Crippen molar-refractivity contribution >= 4 is 39.1 Å². The Balaban J connectivity index is 1.74. The number of benzene rings is 3. The standard InChI is InChI=1S/C31H36ClN3O6S/c1-4-22(3)33-31(37)27(17-23-9-7-6-8-10-23)34(19-24-11-13-25(32)14-12-24)30(36)20-35(42(38,39)5-2)26-15-16-28-29(18-26)41-21-40-28/h6-16,18,22,27H,4-5,17,19-21H2,1-3H3,(H,33,37)/t22-,27+/m0/s1. The number of rotatable bonds is 13. The molecule has 224 valence electrons. The number of sulfonamides is 1. The second-order valence-electron chi connectivity index (χ2n) is 10.1. The zero-order valence-corrected chi connectivity index (χ0v) is 25.5. The van der Waals surface area contributed by atoms with E-state index in [1.807, 2.05) is 44.2 Å². The van der Waals surface area contributed by atoms with Crippen LogP contribution in [0.5, 0.6) is 11.5 Å². The van der Waals surface area contributed by atoms with E-state index in [9.17, 15) is 18.0 Å². The lowest BCUT2D eigenvalue weighted by Gasteiger charge is -2.34. The molecular formula is C31H36ClN3O6S. The molecule has 0 saturated heterocycles. The van der Waals surface area contributed by atoms with E-state index >= 15 is 0 Å². The smallest absolute Gasteiger partial charge is 0.244 e. The lowest BCUT2D eigenvalue weighted by Crippen LogP contribution is -2.54. The van der Waals surface area contributed by atoms with Crippen LogP contribution in [0.2, 0.25) is 5.02 Å². The third kappa shape index (κ3) is 7.74. The zero-order valence-electron chi connectivity index (χ0n) is 24.0. The Morgan fingerprint density at radius 2 is 1.64 bits per heavy atom. The van der Waals surface area contributed by atoms with Crippen molar-refractivity contribution in [1.29, 1.82) is 0 Å². The van der Waals surface area contributed by atoms with Gasteiger partial charge in [-0.05, 0) is 55.7 Å². The normalized spacial score (nSPS) is 13.7. The largest absolute Gasteiger partial charge is 0.454 e. The van der Waals surface area contributed by atoms with Crippen molar-refractivity contribution in [1.82, 2.24) is 10.2 Å². The predicted molar refractivity (Wildman–Crippen MR) is 163 cm³/mol. The van der Waals surface area contributed by atoms with Crippen LogP contribution in [0.25, 0.3) is 0 Å². The minimum absolute atomic E-state index is 0.0274. The fourth-order valence-electron chi connectivity index (χ4n) is 4.54. The number of hydrogen-bond donors (Lipinski definition) is 1. The van der Waals surface area contributed by atoms with E-state index in [4.69, 9.17) is 21.1 Å². The first-order valence-electron chi connectivity index (χ1n) is 13.9. The van der Waals surface area contributed by atoms with E-state index in [0.29, 0.717) is 22.9 Å². The van der Waals surface area contributed by atoms with E-state index in [1.54, 1.807) is 42.5 Å². The van der Waals surface area contributed by atoms with Gasteiger partial charge in [0, 0.05) is 30.1 Å². The predicted octanol–water partition coefficient (Wildman–Crippen LogP) is 4.78. The Labute approximate surface area is 252 Å². The topological polar surface area (TPSA) is 105 Å². The van der Waals surface area contributed by atoms with Crippen LogP contribution in [-0.2, 0) is 32.6 Å². The molecule has 1 aliphatic rings. The van der Waals surface area contributed by atoms with E-state index < -0.39 is 28.5 Å². The zero-order chi connectivity index (χ0) is 30.3. The van der Waals surface area contributed by atoms with Crippen molar-refractivity contribution in [3.63, 3.8) is 0 Å². The fraction of sp³-hybridized carbons (Fsp3) is 0.355. The molecule has 2 amide bonds. The first kappa shape index (κ1) is 31.2. The molecule has 1 N–H and O–H groups in total. The van der Waals surface area contributed by atoms with Gasteiger partial charge in [0.05, 0.1) is 11.4 Å². The molecule has 9 nitrogen and oxygen atoms in total. The van der Waals surface area contributed by atoms with Crippen LogP contribution in [0.1, 0.15) is 38.3 Å². The number of carbonyl (C=O) groups excluding carboxylic acids is 2. The Kier molecular flexibility index (Phi) is 10.3. The van der Waals surface area contributed by atoms with Crippen molar-refractivity contribution in [2.45, 2.75) is 52.2 Å². The Morgan fingerprint density at radius 3 is 2.31 bits per heavy atom. The number of fused-ring (bicyclic) bond motifs is 1. The van der Waals surface area contributed by atoms with Gasteiger partial charge in [-0.25, -0.2) is 8.42 Å². The molecule has 3 aromatic rings. The van der Waals surface area contributed by atoms with Gasteiger partial charge in [0.1, 0.15) is 12.6 Å². The number of nitrogens with one attached hydrogen (secondary N) is 1. The van der Waals surface area contributed by atoms with Gasteiger partial charge in [0.2, 0.25) is 28.6 Å². The molecule has 0 radical (unpaired) electrons. The third-order valence-corrected chi connectivity index (χ3v) is 9.15. The van der Waals surface area contributed by atoms with Crippen LogP contribution in [0.15, 0.2) is 72.8 Å². The Bertz CT molecular complexity index is 1480. The summed E-state index contributed by atoms with van der Waals surface area (Å²) in [5.41, 5.74) is 1.88. The summed E-state index contributed by atoms with van der Waals surface area (Å²) in [6.07, 6.45) is 0.953. The quantitative estimate of drug-likeness (QED) is 0.298. The maximum absolute atomic E-state index is 14.2. The number of ether oxygens (including phenoxy) is 2. The molecule has 0 bridgehead atoms. The van der Waals surface area contributed by atoms with Crippen LogP contribution < -0.4 is 19.1 Å². The van der Waals surface area contributed by atoms with Gasteiger partial charge in [-0.15, -0.1) is 0 Å². The summed E-state index contributed by atoms with van der Waals surface area (Å²) in [6, 6.07) is 20.1. The SMILES string of the molecule is CC[C@H](C)NC(=O)[C@@H](Cc1ccccc1)N(Cc1ccc(Cl)cc1)C(=O)CN(c1ccc2c(c1)OCO2)S(=O)(=O)CC. The van der Waals surface area contributed by atoms with E-state index in [2.05, 4.69) is 5.32 Å². The molecule has 1 aliphatic heterocycles. The maximum Gasteiger partial charge on any atom is 0.244 e. The highest BCUT2D eigenvalue weighted by Crippen LogP contribution is 2.36.